The number of ether oxygens (including phenoxy) is 2. The Bertz CT molecular complexity index is 836. The number of rotatable bonds is 8. The van der Waals surface area contributed by atoms with Crippen LogP contribution in [0.5, 0.6) is 11.5 Å². The third kappa shape index (κ3) is 5.85. The Labute approximate surface area is 159 Å². The highest BCUT2D eigenvalue weighted by Gasteiger charge is 2.10. The number of hydrogen-bond donors (Lipinski definition) is 1. The predicted octanol–water partition coefficient (Wildman–Crippen LogP) is 3.92. The van der Waals surface area contributed by atoms with Gasteiger partial charge in [0.1, 0.15) is 18.1 Å². The van der Waals surface area contributed by atoms with E-state index in [1.807, 2.05) is 73.7 Å². The van der Waals surface area contributed by atoms with Gasteiger partial charge in [0.2, 0.25) is 0 Å². The summed E-state index contributed by atoms with van der Waals surface area (Å²) in [6.07, 6.45) is 3.52. The molecule has 0 bridgehead atoms. The van der Waals surface area contributed by atoms with Crippen molar-refractivity contribution in [2.24, 2.45) is 0 Å². The van der Waals surface area contributed by atoms with Gasteiger partial charge in [-0.1, -0.05) is 36.4 Å². The lowest BCUT2D eigenvalue weighted by atomic mass is 10.1. The van der Waals surface area contributed by atoms with Crippen molar-refractivity contribution in [1.82, 2.24) is 10.3 Å². The molecule has 0 saturated heterocycles. The summed E-state index contributed by atoms with van der Waals surface area (Å²) in [6, 6.07) is 20.7. The van der Waals surface area contributed by atoms with Gasteiger partial charge in [-0.3, -0.25) is 9.78 Å². The van der Waals surface area contributed by atoms with Crippen LogP contribution in [0.3, 0.4) is 0 Å². The fourth-order valence-electron chi connectivity index (χ4n) is 2.53. The summed E-state index contributed by atoms with van der Waals surface area (Å²) < 4.78 is 11.2. The number of para-hydroxylation sites is 1. The number of carbonyl (C=O) groups excluding carboxylic acids is 1. The molecular weight excluding hydrogens is 340 g/mol. The number of carbonyl (C=O) groups is 1. The summed E-state index contributed by atoms with van der Waals surface area (Å²) in [5, 5.41) is 2.93. The quantitative estimate of drug-likeness (QED) is 0.660. The number of benzene rings is 2. The maximum atomic E-state index is 12.1. The number of aromatic nitrogens is 1. The molecule has 0 spiro atoms. The average molecular weight is 362 g/mol. The molecule has 3 aromatic rings. The normalized spacial score (nSPS) is 11.4. The second-order valence-corrected chi connectivity index (χ2v) is 6.11. The molecular formula is C22H22N2O3. The Morgan fingerprint density at radius 3 is 2.41 bits per heavy atom. The van der Waals surface area contributed by atoms with Gasteiger partial charge < -0.3 is 14.8 Å². The van der Waals surface area contributed by atoms with Crippen molar-refractivity contribution < 1.29 is 14.3 Å². The lowest BCUT2D eigenvalue weighted by Crippen LogP contribution is -2.31. The molecule has 0 aliphatic heterocycles. The predicted molar refractivity (Wildman–Crippen MR) is 104 cm³/mol. The highest BCUT2D eigenvalue weighted by Crippen LogP contribution is 2.18. The first-order valence-corrected chi connectivity index (χ1v) is 8.79. The van der Waals surface area contributed by atoms with Gasteiger partial charge in [0.25, 0.3) is 5.91 Å². The molecule has 1 N–H and O–H groups in total. The first-order valence-electron chi connectivity index (χ1n) is 8.79. The smallest absolute Gasteiger partial charge is 0.258 e. The molecule has 27 heavy (non-hydrogen) atoms. The van der Waals surface area contributed by atoms with Crippen molar-refractivity contribution in [3.05, 3.63) is 90.3 Å². The lowest BCUT2D eigenvalue weighted by Gasteiger charge is -2.15. The third-order valence-electron chi connectivity index (χ3n) is 4.00. The van der Waals surface area contributed by atoms with Crippen LogP contribution in [0.25, 0.3) is 0 Å². The van der Waals surface area contributed by atoms with Crippen molar-refractivity contribution in [3.8, 4) is 11.5 Å². The monoisotopic (exact) mass is 362 g/mol. The third-order valence-corrected chi connectivity index (χ3v) is 4.00. The second-order valence-electron chi connectivity index (χ2n) is 6.11. The molecule has 1 aromatic heterocycles. The van der Waals surface area contributed by atoms with Gasteiger partial charge >= 0.3 is 0 Å². The van der Waals surface area contributed by atoms with Crippen molar-refractivity contribution in [3.63, 3.8) is 0 Å². The van der Waals surface area contributed by atoms with E-state index in [2.05, 4.69) is 10.3 Å². The Morgan fingerprint density at radius 1 is 0.963 bits per heavy atom. The Kier molecular flexibility index (Phi) is 6.41. The average Bonchev–Trinajstić information content (AvgIpc) is 2.72. The number of nitrogens with zero attached hydrogens (tertiary/aromatic N) is 1. The molecule has 5 heteroatoms. The number of amides is 1. The van der Waals surface area contributed by atoms with Crippen LogP contribution in [-0.4, -0.2) is 17.5 Å². The van der Waals surface area contributed by atoms with E-state index in [0.717, 1.165) is 16.9 Å². The molecule has 1 heterocycles. The van der Waals surface area contributed by atoms with E-state index < -0.39 is 0 Å². The minimum Gasteiger partial charge on any atom is -0.489 e. The van der Waals surface area contributed by atoms with Crippen molar-refractivity contribution in [2.75, 3.05) is 6.61 Å². The molecule has 2 aromatic carbocycles. The fraction of sp³-hybridized carbons (Fsp3) is 0.182. The molecule has 0 fully saturated rings. The first-order chi connectivity index (χ1) is 13.2. The molecule has 1 atom stereocenters. The van der Waals surface area contributed by atoms with E-state index >= 15 is 0 Å². The SMILES string of the molecule is C[C@@H](NC(=O)COc1ccccc1)c1ccc(OCc2cccnc2)cc1. The molecule has 0 aliphatic carbocycles. The fourth-order valence-corrected chi connectivity index (χ4v) is 2.53. The van der Waals surface area contributed by atoms with Crippen LogP contribution < -0.4 is 14.8 Å². The van der Waals surface area contributed by atoms with Crippen LogP contribution in [0, 0.1) is 0 Å². The summed E-state index contributed by atoms with van der Waals surface area (Å²) in [7, 11) is 0. The van der Waals surface area contributed by atoms with Gasteiger partial charge in [0, 0.05) is 18.0 Å². The maximum absolute atomic E-state index is 12.1. The molecule has 3 rings (SSSR count). The summed E-state index contributed by atoms with van der Waals surface area (Å²) in [5.74, 6) is 1.28. The Hall–Kier alpha value is -3.34. The first kappa shape index (κ1) is 18.5. The van der Waals surface area contributed by atoms with Crippen LogP contribution in [0.2, 0.25) is 0 Å². The van der Waals surface area contributed by atoms with Gasteiger partial charge in [-0.2, -0.15) is 0 Å². The summed E-state index contributed by atoms with van der Waals surface area (Å²) >= 11 is 0. The minimum atomic E-state index is -0.164. The largest absolute Gasteiger partial charge is 0.489 e. The zero-order valence-corrected chi connectivity index (χ0v) is 15.2. The van der Waals surface area contributed by atoms with E-state index in [4.69, 9.17) is 9.47 Å². The zero-order valence-electron chi connectivity index (χ0n) is 15.2. The second kappa shape index (κ2) is 9.38. The van der Waals surface area contributed by atoms with Crippen LogP contribution in [0.4, 0.5) is 0 Å². The lowest BCUT2D eigenvalue weighted by molar-refractivity contribution is -0.123. The van der Waals surface area contributed by atoms with Gasteiger partial charge in [0.15, 0.2) is 6.61 Å². The molecule has 0 aliphatic rings. The topological polar surface area (TPSA) is 60.5 Å². The standard InChI is InChI=1S/C22H22N2O3/c1-17(24-22(25)16-27-20-7-3-2-4-8-20)19-9-11-21(12-10-19)26-15-18-6-5-13-23-14-18/h2-14,17H,15-16H2,1H3,(H,24,25)/t17-/m1/s1. The molecule has 138 valence electrons. The zero-order chi connectivity index (χ0) is 18.9. The van der Waals surface area contributed by atoms with Gasteiger partial charge in [-0.15, -0.1) is 0 Å². The molecule has 5 nitrogen and oxygen atoms in total. The van der Waals surface area contributed by atoms with E-state index in [1.54, 1.807) is 12.4 Å². The van der Waals surface area contributed by atoms with E-state index in [9.17, 15) is 4.79 Å². The van der Waals surface area contributed by atoms with Crippen molar-refractivity contribution >= 4 is 5.91 Å². The molecule has 0 saturated carbocycles. The van der Waals surface area contributed by atoms with Crippen LogP contribution in [0.1, 0.15) is 24.1 Å². The molecule has 0 unspecified atom stereocenters. The summed E-state index contributed by atoms with van der Waals surface area (Å²) in [5.41, 5.74) is 2.01. The summed E-state index contributed by atoms with van der Waals surface area (Å²) in [4.78, 5) is 16.1. The molecule has 1 amide bonds. The Balaban J connectivity index is 1.46. The van der Waals surface area contributed by atoms with Gasteiger partial charge in [-0.05, 0) is 42.8 Å². The van der Waals surface area contributed by atoms with Crippen molar-refractivity contribution in [2.45, 2.75) is 19.6 Å². The highest BCUT2D eigenvalue weighted by molar-refractivity contribution is 5.78. The highest BCUT2D eigenvalue weighted by atomic mass is 16.5. The maximum Gasteiger partial charge on any atom is 0.258 e. The van der Waals surface area contributed by atoms with Gasteiger partial charge in [-0.25, -0.2) is 0 Å². The number of nitrogens with one attached hydrogen (secondary N) is 1. The Morgan fingerprint density at radius 2 is 1.70 bits per heavy atom. The summed E-state index contributed by atoms with van der Waals surface area (Å²) in [6.45, 7) is 2.39. The van der Waals surface area contributed by atoms with Crippen LogP contribution in [-0.2, 0) is 11.4 Å². The van der Waals surface area contributed by atoms with E-state index in [0.29, 0.717) is 12.4 Å². The van der Waals surface area contributed by atoms with Gasteiger partial charge in [0.05, 0.1) is 6.04 Å². The van der Waals surface area contributed by atoms with Crippen LogP contribution in [0.15, 0.2) is 79.1 Å². The van der Waals surface area contributed by atoms with Crippen molar-refractivity contribution in [1.29, 1.82) is 0 Å². The van der Waals surface area contributed by atoms with E-state index in [1.165, 1.54) is 0 Å². The number of hydrogen-bond acceptors (Lipinski definition) is 4. The van der Waals surface area contributed by atoms with Crippen LogP contribution >= 0.6 is 0 Å². The molecule has 0 radical (unpaired) electrons. The number of pyridine rings is 1. The minimum absolute atomic E-state index is 0.0132. The van der Waals surface area contributed by atoms with E-state index in [-0.39, 0.29) is 18.6 Å².